The number of nitrogens with zero attached hydrogens (tertiary/aromatic N) is 2. The van der Waals surface area contributed by atoms with Gasteiger partial charge in [-0.3, -0.25) is 14.7 Å². The van der Waals surface area contributed by atoms with Crippen LogP contribution in [0.5, 0.6) is 0 Å². The highest BCUT2D eigenvalue weighted by molar-refractivity contribution is 9.10. The average Bonchev–Trinajstić information content (AvgIpc) is 2.41. The number of nitrogens with one attached hydrogen (secondary N) is 1. The summed E-state index contributed by atoms with van der Waals surface area (Å²) in [5.41, 5.74) is 0.525. The van der Waals surface area contributed by atoms with Gasteiger partial charge in [0.05, 0.1) is 18.7 Å². The molecular formula is C16H22BrN3O. The average molecular weight is 352 g/mol. The van der Waals surface area contributed by atoms with Crippen molar-refractivity contribution in [3.05, 3.63) is 28.5 Å². The maximum Gasteiger partial charge on any atom is 0.253 e. The van der Waals surface area contributed by atoms with Crippen molar-refractivity contribution in [3.8, 4) is 11.8 Å². The molecule has 4 nitrogen and oxygen atoms in total. The molecule has 0 atom stereocenters. The summed E-state index contributed by atoms with van der Waals surface area (Å²) >= 11 is 3.29. The maximum atomic E-state index is 11.9. The lowest BCUT2D eigenvalue weighted by Gasteiger charge is -2.28. The molecular weight excluding hydrogens is 330 g/mol. The van der Waals surface area contributed by atoms with Crippen LogP contribution in [0, 0.1) is 11.8 Å². The number of hydrogen-bond acceptors (Lipinski definition) is 3. The molecule has 1 rings (SSSR count). The van der Waals surface area contributed by atoms with E-state index in [4.69, 9.17) is 0 Å². The highest BCUT2D eigenvalue weighted by Gasteiger charge is 2.10. The molecule has 0 aliphatic carbocycles. The molecule has 21 heavy (non-hydrogen) atoms. The van der Waals surface area contributed by atoms with Crippen LogP contribution >= 0.6 is 15.9 Å². The highest BCUT2D eigenvalue weighted by atomic mass is 79.9. The predicted molar refractivity (Wildman–Crippen MR) is 89.0 cm³/mol. The van der Waals surface area contributed by atoms with Crippen molar-refractivity contribution in [2.24, 2.45) is 0 Å². The molecule has 0 aliphatic heterocycles. The standard InChI is InChI=1S/C16H22BrN3O/c1-12(2)20(13(3)4)8-6-5-7-19-16(21)14-9-15(17)11-18-10-14/h9-13H,7-8H2,1-4H3,(H,19,21). The van der Waals surface area contributed by atoms with E-state index in [2.05, 4.69) is 70.7 Å². The Morgan fingerprint density at radius 2 is 1.95 bits per heavy atom. The molecule has 1 heterocycles. The number of carbonyl (C=O) groups excluding carboxylic acids is 1. The van der Waals surface area contributed by atoms with Gasteiger partial charge < -0.3 is 5.32 Å². The van der Waals surface area contributed by atoms with E-state index in [1.165, 1.54) is 6.20 Å². The SMILES string of the molecule is CC(C)N(CC#CCNC(=O)c1cncc(Br)c1)C(C)C. The van der Waals surface area contributed by atoms with E-state index in [0.29, 0.717) is 30.7 Å². The summed E-state index contributed by atoms with van der Waals surface area (Å²) in [6.45, 7) is 9.68. The van der Waals surface area contributed by atoms with Crippen LogP contribution in [-0.2, 0) is 0 Å². The van der Waals surface area contributed by atoms with Gasteiger partial charge in [0.25, 0.3) is 5.91 Å². The van der Waals surface area contributed by atoms with Crippen LogP contribution in [0.15, 0.2) is 22.9 Å². The molecule has 0 aliphatic rings. The maximum absolute atomic E-state index is 11.9. The van der Waals surface area contributed by atoms with Crippen LogP contribution in [0.25, 0.3) is 0 Å². The first-order valence-corrected chi connectivity index (χ1v) is 7.81. The van der Waals surface area contributed by atoms with Crippen LogP contribution in [0.3, 0.4) is 0 Å². The Labute approximate surface area is 135 Å². The summed E-state index contributed by atoms with van der Waals surface area (Å²) in [6.07, 6.45) is 3.18. The number of halogens is 1. The minimum atomic E-state index is -0.164. The van der Waals surface area contributed by atoms with Gasteiger partial charge in [0.2, 0.25) is 0 Å². The normalized spacial score (nSPS) is 10.7. The van der Waals surface area contributed by atoms with Crippen molar-refractivity contribution in [3.63, 3.8) is 0 Å². The van der Waals surface area contributed by atoms with E-state index in [1.54, 1.807) is 12.3 Å². The Morgan fingerprint density at radius 1 is 1.29 bits per heavy atom. The Balaban J connectivity index is 2.44. The molecule has 0 saturated carbocycles. The number of amides is 1. The van der Waals surface area contributed by atoms with Gasteiger partial charge >= 0.3 is 0 Å². The van der Waals surface area contributed by atoms with Crippen molar-refractivity contribution in [1.29, 1.82) is 0 Å². The number of hydrogen-bond donors (Lipinski definition) is 1. The quantitative estimate of drug-likeness (QED) is 0.829. The fraction of sp³-hybridized carbons (Fsp3) is 0.500. The minimum Gasteiger partial charge on any atom is -0.341 e. The topological polar surface area (TPSA) is 45.2 Å². The fourth-order valence-corrected chi connectivity index (χ4v) is 2.30. The summed E-state index contributed by atoms with van der Waals surface area (Å²) in [7, 11) is 0. The van der Waals surface area contributed by atoms with Gasteiger partial charge in [-0.1, -0.05) is 11.8 Å². The Bertz CT molecular complexity index is 524. The Kier molecular flexibility index (Phi) is 7.41. The van der Waals surface area contributed by atoms with Gasteiger partial charge in [0.15, 0.2) is 0 Å². The molecule has 1 aromatic rings. The Morgan fingerprint density at radius 3 is 2.52 bits per heavy atom. The Hall–Kier alpha value is -1.38. The van der Waals surface area contributed by atoms with Crippen molar-refractivity contribution < 1.29 is 4.79 Å². The third-order valence-corrected chi connectivity index (χ3v) is 3.45. The molecule has 0 saturated heterocycles. The van der Waals surface area contributed by atoms with Crippen molar-refractivity contribution in [2.45, 2.75) is 39.8 Å². The number of pyridine rings is 1. The van der Waals surface area contributed by atoms with Gasteiger partial charge in [-0.2, -0.15) is 0 Å². The molecule has 1 amide bonds. The lowest BCUT2D eigenvalue weighted by atomic mass is 10.2. The van der Waals surface area contributed by atoms with Crippen LogP contribution in [0.4, 0.5) is 0 Å². The largest absolute Gasteiger partial charge is 0.341 e. The molecule has 1 aromatic heterocycles. The number of aromatic nitrogens is 1. The minimum absolute atomic E-state index is 0.164. The van der Waals surface area contributed by atoms with Gasteiger partial charge in [-0.15, -0.1) is 0 Å². The molecule has 0 spiro atoms. The first kappa shape index (κ1) is 17.7. The van der Waals surface area contributed by atoms with Crippen LogP contribution in [0.1, 0.15) is 38.1 Å². The second-order valence-electron chi connectivity index (χ2n) is 5.29. The van der Waals surface area contributed by atoms with E-state index < -0.39 is 0 Å². The van der Waals surface area contributed by atoms with Gasteiger partial charge in [-0.25, -0.2) is 0 Å². The summed E-state index contributed by atoms with van der Waals surface area (Å²) in [6, 6.07) is 2.65. The summed E-state index contributed by atoms with van der Waals surface area (Å²) < 4.78 is 0.783. The third kappa shape index (κ3) is 6.28. The summed E-state index contributed by atoms with van der Waals surface area (Å²) in [5.74, 6) is 5.92. The van der Waals surface area contributed by atoms with E-state index in [9.17, 15) is 4.79 Å². The molecule has 1 N–H and O–H groups in total. The highest BCUT2D eigenvalue weighted by Crippen LogP contribution is 2.09. The lowest BCUT2D eigenvalue weighted by molar-refractivity contribution is 0.0958. The zero-order valence-electron chi connectivity index (χ0n) is 13.0. The molecule has 0 fully saturated rings. The lowest BCUT2D eigenvalue weighted by Crippen LogP contribution is -2.37. The number of rotatable bonds is 5. The smallest absolute Gasteiger partial charge is 0.253 e. The molecule has 0 radical (unpaired) electrons. The second-order valence-corrected chi connectivity index (χ2v) is 6.20. The number of carbonyl (C=O) groups is 1. The van der Waals surface area contributed by atoms with Crippen LogP contribution < -0.4 is 5.32 Å². The molecule has 114 valence electrons. The first-order valence-electron chi connectivity index (χ1n) is 7.02. The summed E-state index contributed by atoms with van der Waals surface area (Å²) in [5, 5.41) is 2.77. The van der Waals surface area contributed by atoms with Gasteiger partial charge in [0, 0.05) is 29.0 Å². The van der Waals surface area contributed by atoms with E-state index >= 15 is 0 Å². The molecule has 0 unspecified atom stereocenters. The van der Waals surface area contributed by atoms with Crippen molar-refractivity contribution in [2.75, 3.05) is 13.1 Å². The van der Waals surface area contributed by atoms with Crippen molar-refractivity contribution in [1.82, 2.24) is 15.2 Å². The van der Waals surface area contributed by atoms with E-state index in [1.807, 2.05) is 0 Å². The van der Waals surface area contributed by atoms with Crippen LogP contribution in [0.2, 0.25) is 0 Å². The van der Waals surface area contributed by atoms with Gasteiger partial charge in [0.1, 0.15) is 0 Å². The molecule has 5 heteroatoms. The fourth-order valence-electron chi connectivity index (χ4n) is 1.93. The van der Waals surface area contributed by atoms with Gasteiger partial charge in [-0.05, 0) is 49.7 Å². The third-order valence-electron chi connectivity index (χ3n) is 3.02. The van der Waals surface area contributed by atoms with E-state index in [0.717, 1.165) is 4.47 Å². The summed E-state index contributed by atoms with van der Waals surface area (Å²) in [4.78, 5) is 18.1. The molecule has 0 bridgehead atoms. The zero-order chi connectivity index (χ0) is 15.8. The zero-order valence-corrected chi connectivity index (χ0v) is 14.6. The monoisotopic (exact) mass is 351 g/mol. The second kappa shape index (κ2) is 8.81. The van der Waals surface area contributed by atoms with Crippen molar-refractivity contribution >= 4 is 21.8 Å². The van der Waals surface area contributed by atoms with Crippen LogP contribution in [-0.4, -0.2) is 41.0 Å². The predicted octanol–water partition coefficient (Wildman–Crippen LogP) is 2.70. The van der Waals surface area contributed by atoms with E-state index in [-0.39, 0.29) is 5.91 Å². The first-order chi connectivity index (χ1) is 9.91. The molecule has 0 aromatic carbocycles.